The van der Waals surface area contributed by atoms with E-state index >= 15 is 0 Å². The van der Waals surface area contributed by atoms with Gasteiger partial charge in [-0.3, -0.25) is 9.36 Å². The van der Waals surface area contributed by atoms with Crippen molar-refractivity contribution >= 4 is 11.9 Å². The molecule has 0 bridgehead atoms. The van der Waals surface area contributed by atoms with Crippen LogP contribution in [0.25, 0.3) is 0 Å². The van der Waals surface area contributed by atoms with E-state index in [1.807, 2.05) is 18.2 Å². The number of esters is 1. The van der Waals surface area contributed by atoms with Crippen LogP contribution in [0.5, 0.6) is 5.75 Å². The molecule has 26 heavy (non-hydrogen) atoms. The molecule has 7 nitrogen and oxygen atoms in total. The molecule has 1 aromatic heterocycles. The highest BCUT2D eigenvalue weighted by atomic mass is 16.5. The van der Waals surface area contributed by atoms with Crippen molar-refractivity contribution in [2.45, 2.75) is 25.3 Å². The molecule has 1 aliphatic rings. The summed E-state index contributed by atoms with van der Waals surface area (Å²) < 4.78 is 11.2. The average Bonchev–Trinajstić information content (AvgIpc) is 2.63. The summed E-state index contributed by atoms with van der Waals surface area (Å²) in [4.78, 5) is 28.9. The van der Waals surface area contributed by atoms with E-state index in [0.717, 1.165) is 18.4 Å². The third kappa shape index (κ3) is 3.29. The summed E-state index contributed by atoms with van der Waals surface area (Å²) >= 11 is 0. The molecule has 0 aliphatic heterocycles. The first-order chi connectivity index (χ1) is 12.6. The second kappa shape index (κ2) is 7.59. The maximum Gasteiger partial charge on any atom is 0.360 e. The lowest BCUT2D eigenvalue weighted by atomic mass is 9.77. The standard InChI is InChI=1S/C19H23N3O4/c1-22-17(23)16(25-2)15(18(24)26-3)21-19(22)20-14(13-10-7-11-13)12-8-5-4-6-9-12/h4-6,8-9,13-14H,7,10-11H2,1-3H3,(H,20,21). The highest BCUT2D eigenvalue weighted by Crippen LogP contribution is 2.39. The Morgan fingerprint density at radius 2 is 1.96 bits per heavy atom. The van der Waals surface area contributed by atoms with Gasteiger partial charge >= 0.3 is 5.97 Å². The van der Waals surface area contributed by atoms with Crippen molar-refractivity contribution in [2.24, 2.45) is 13.0 Å². The van der Waals surface area contributed by atoms with Gasteiger partial charge in [0.2, 0.25) is 11.7 Å². The summed E-state index contributed by atoms with van der Waals surface area (Å²) in [6.45, 7) is 0. The van der Waals surface area contributed by atoms with Gasteiger partial charge in [0.15, 0.2) is 5.69 Å². The molecule has 1 aromatic carbocycles. The maximum absolute atomic E-state index is 12.6. The number of methoxy groups -OCH3 is 2. The van der Waals surface area contributed by atoms with E-state index in [0.29, 0.717) is 11.9 Å². The predicted octanol–water partition coefficient (Wildman–Crippen LogP) is 2.53. The number of anilines is 1. The minimum Gasteiger partial charge on any atom is -0.489 e. The predicted molar refractivity (Wildman–Crippen MR) is 97.5 cm³/mol. The molecule has 1 fully saturated rings. The third-order valence-corrected chi connectivity index (χ3v) is 4.90. The number of nitrogens with zero attached hydrogens (tertiary/aromatic N) is 2. The van der Waals surface area contributed by atoms with Gasteiger partial charge in [-0.2, -0.15) is 0 Å². The van der Waals surface area contributed by atoms with E-state index in [1.54, 1.807) is 7.05 Å². The van der Waals surface area contributed by atoms with Crippen LogP contribution >= 0.6 is 0 Å². The molecule has 0 spiro atoms. The highest BCUT2D eigenvalue weighted by Gasteiger charge is 2.30. The molecule has 1 saturated carbocycles. The van der Waals surface area contributed by atoms with Gasteiger partial charge in [0.25, 0.3) is 5.56 Å². The first-order valence-electron chi connectivity index (χ1n) is 8.61. The zero-order valence-corrected chi connectivity index (χ0v) is 15.2. The Kier molecular flexibility index (Phi) is 5.25. The van der Waals surface area contributed by atoms with Crippen LogP contribution in [-0.4, -0.2) is 29.7 Å². The van der Waals surface area contributed by atoms with Crippen LogP contribution in [0.2, 0.25) is 0 Å². The molecular formula is C19H23N3O4. The topological polar surface area (TPSA) is 82.5 Å². The Labute approximate surface area is 152 Å². The summed E-state index contributed by atoms with van der Waals surface area (Å²) in [5.41, 5.74) is 0.564. The Bertz CT molecular complexity index is 844. The van der Waals surface area contributed by atoms with Crippen molar-refractivity contribution in [3.8, 4) is 5.75 Å². The molecule has 1 atom stereocenters. The van der Waals surface area contributed by atoms with E-state index in [2.05, 4.69) is 22.4 Å². The van der Waals surface area contributed by atoms with Gasteiger partial charge in [-0.15, -0.1) is 0 Å². The Balaban J connectivity index is 2.03. The number of nitrogens with one attached hydrogen (secondary N) is 1. The molecule has 0 radical (unpaired) electrons. The van der Waals surface area contributed by atoms with E-state index in [1.165, 1.54) is 25.2 Å². The zero-order valence-electron chi connectivity index (χ0n) is 15.2. The SMILES string of the molecule is COC(=O)c1nc(NC(c2ccccc2)C2CCC2)n(C)c(=O)c1OC. The number of rotatable bonds is 6. The fraction of sp³-hybridized carbons (Fsp3) is 0.421. The van der Waals surface area contributed by atoms with Gasteiger partial charge in [-0.1, -0.05) is 36.8 Å². The first-order valence-corrected chi connectivity index (χ1v) is 8.61. The second-order valence-corrected chi connectivity index (χ2v) is 6.40. The fourth-order valence-corrected chi connectivity index (χ4v) is 3.18. The number of carbonyl (C=O) groups excluding carboxylic acids is 1. The van der Waals surface area contributed by atoms with Gasteiger partial charge in [-0.05, 0) is 24.3 Å². The third-order valence-electron chi connectivity index (χ3n) is 4.90. The Morgan fingerprint density at radius 3 is 2.50 bits per heavy atom. The second-order valence-electron chi connectivity index (χ2n) is 6.40. The lowest BCUT2D eigenvalue weighted by Crippen LogP contribution is -2.32. The van der Waals surface area contributed by atoms with Gasteiger partial charge in [0, 0.05) is 7.05 Å². The van der Waals surface area contributed by atoms with Crippen LogP contribution < -0.4 is 15.6 Å². The summed E-state index contributed by atoms with van der Waals surface area (Å²) in [7, 11) is 4.18. The zero-order chi connectivity index (χ0) is 18.7. The van der Waals surface area contributed by atoms with Crippen molar-refractivity contribution in [1.82, 2.24) is 9.55 Å². The minimum absolute atomic E-state index is 0.0157. The van der Waals surface area contributed by atoms with Crippen LogP contribution in [0, 0.1) is 5.92 Å². The number of benzene rings is 1. The number of aromatic nitrogens is 2. The molecule has 1 aliphatic carbocycles. The summed E-state index contributed by atoms with van der Waals surface area (Å²) in [6.07, 6.45) is 3.42. The largest absolute Gasteiger partial charge is 0.489 e. The lowest BCUT2D eigenvalue weighted by molar-refractivity contribution is 0.0589. The molecule has 1 heterocycles. The first kappa shape index (κ1) is 18.0. The smallest absolute Gasteiger partial charge is 0.360 e. The summed E-state index contributed by atoms with van der Waals surface area (Å²) in [6, 6.07) is 10.1. The normalized spacial score (nSPS) is 15.0. The molecule has 138 valence electrons. The number of ether oxygens (including phenoxy) is 2. The highest BCUT2D eigenvalue weighted by molar-refractivity contribution is 5.90. The molecule has 1 unspecified atom stereocenters. The Hall–Kier alpha value is -2.83. The number of carbonyl (C=O) groups is 1. The van der Waals surface area contributed by atoms with Gasteiger partial charge in [0.1, 0.15) is 0 Å². The lowest BCUT2D eigenvalue weighted by Gasteiger charge is -2.35. The van der Waals surface area contributed by atoms with Crippen LogP contribution in [0.3, 0.4) is 0 Å². The number of hydrogen-bond acceptors (Lipinski definition) is 6. The van der Waals surface area contributed by atoms with E-state index < -0.39 is 11.5 Å². The maximum atomic E-state index is 12.6. The average molecular weight is 357 g/mol. The molecule has 3 rings (SSSR count). The molecule has 0 saturated heterocycles. The van der Waals surface area contributed by atoms with Crippen LogP contribution in [0.1, 0.15) is 41.4 Å². The number of hydrogen-bond donors (Lipinski definition) is 1. The van der Waals surface area contributed by atoms with E-state index in [-0.39, 0.29) is 17.5 Å². The molecule has 7 heteroatoms. The minimum atomic E-state index is -0.706. The van der Waals surface area contributed by atoms with Crippen LogP contribution in [0.15, 0.2) is 35.1 Å². The fourth-order valence-electron chi connectivity index (χ4n) is 3.18. The van der Waals surface area contributed by atoms with Gasteiger partial charge < -0.3 is 14.8 Å². The van der Waals surface area contributed by atoms with E-state index in [4.69, 9.17) is 9.47 Å². The van der Waals surface area contributed by atoms with Crippen LogP contribution in [-0.2, 0) is 11.8 Å². The Morgan fingerprint density at radius 1 is 1.27 bits per heavy atom. The molecule has 1 N–H and O–H groups in total. The molecule has 2 aromatic rings. The quantitative estimate of drug-likeness (QED) is 0.800. The van der Waals surface area contributed by atoms with Crippen molar-refractivity contribution in [2.75, 3.05) is 19.5 Å². The summed E-state index contributed by atoms with van der Waals surface area (Å²) in [5.74, 6) is -0.0535. The van der Waals surface area contributed by atoms with Crippen molar-refractivity contribution in [3.05, 3.63) is 51.9 Å². The van der Waals surface area contributed by atoms with Gasteiger partial charge in [-0.25, -0.2) is 9.78 Å². The van der Waals surface area contributed by atoms with E-state index in [9.17, 15) is 9.59 Å². The molecular weight excluding hydrogens is 334 g/mol. The van der Waals surface area contributed by atoms with Crippen molar-refractivity contribution in [1.29, 1.82) is 0 Å². The molecule has 0 amide bonds. The van der Waals surface area contributed by atoms with Gasteiger partial charge in [0.05, 0.1) is 20.3 Å². The van der Waals surface area contributed by atoms with Crippen LogP contribution in [0.4, 0.5) is 5.95 Å². The van der Waals surface area contributed by atoms with Crippen molar-refractivity contribution < 1.29 is 14.3 Å². The van der Waals surface area contributed by atoms with Crippen molar-refractivity contribution in [3.63, 3.8) is 0 Å². The summed E-state index contributed by atoms with van der Waals surface area (Å²) in [5, 5.41) is 3.37. The monoisotopic (exact) mass is 357 g/mol.